The molecule has 0 fully saturated rings. The van der Waals surface area contributed by atoms with Crippen LogP contribution in [0.3, 0.4) is 0 Å². The molecule has 0 radical (unpaired) electrons. The Labute approximate surface area is 239 Å². The first-order chi connectivity index (χ1) is 18.8. The van der Waals surface area contributed by atoms with Crippen molar-refractivity contribution in [3.63, 3.8) is 0 Å². The highest BCUT2D eigenvalue weighted by molar-refractivity contribution is 6.42. The van der Waals surface area contributed by atoms with E-state index in [9.17, 15) is 9.59 Å². The van der Waals surface area contributed by atoms with Crippen molar-refractivity contribution in [2.24, 2.45) is 5.10 Å². The molecule has 1 amide bonds. The van der Waals surface area contributed by atoms with Crippen molar-refractivity contribution < 1.29 is 23.8 Å². The Kier molecular flexibility index (Phi) is 9.44. The first-order valence-corrected chi connectivity index (χ1v) is 12.6. The molecule has 4 rings (SSSR count). The molecule has 198 valence electrons. The average molecular weight is 584 g/mol. The third-order valence-electron chi connectivity index (χ3n) is 5.36. The normalized spacial score (nSPS) is 10.8. The van der Waals surface area contributed by atoms with Gasteiger partial charge in [-0.1, -0.05) is 46.9 Å². The van der Waals surface area contributed by atoms with Gasteiger partial charge in [-0.2, -0.15) is 5.10 Å². The van der Waals surface area contributed by atoms with Crippen molar-refractivity contribution in [1.29, 1.82) is 0 Å². The summed E-state index contributed by atoms with van der Waals surface area (Å²) in [6.07, 6.45) is 1.44. The molecule has 0 spiro atoms. The van der Waals surface area contributed by atoms with Gasteiger partial charge in [0.1, 0.15) is 12.4 Å². The predicted molar refractivity (Wildman–Crippen MR) is 152 cm³/mol. The number of amides is 1. The van der Waals surface area contributed by atoms with Gasteiger partial charge in [-0.15, -0.1) is 0 Å². The van der Waals surface area contributed by atoms with E-state index in [2.05, 4.69) is 10.5 Å². The second kappa shape index (κ2) is 13.2. The number of ether oxygens (including phenoxy) is 3. The summed E-state index contributed by atoms with van der Waals surface area (Å²) >= 11 is 17.8. The van der Waals surface area contributed by atoms with E-state index in [0.717, 1.165) is 5.56 Å². The molecule has 0 saturated carbocycles. The second-order valence-corrected chi connectivity index (χ2v) is 9.32. The fraction of sp³-hybridized carbons (Fsp3) is 0.0690. The number of halogens is 3. The van der Waals surface area contributed by atoms with Crippen molar-refractivity contribution in [2.75, 3.05) is 7.11 Å². The van der Waals surface area contributed by atoms with Crippen LogP contribution in [0.25, 0.3) is 0 Å². The maximum absolute atomic E-state index is 12.5. The van der Waals surface area contributed by atoms with Gasteiger partial charge in [0.25, 0.3) is 5.91 Å². The van der Waals surface area contributed by atoms with Crippen LogP contribution in [-0.4, -0.2) is 25.2 Å². The fourth-order valence-electron chi connectivity index (χ4n) is 3.31. The number of esters is 1. The molecule has 0 unspecified atom stereocenters. The van der Waals surface area contributed by atoms with Crippen LogP contribution in [0.5, 0.6) is 17.2 Å². The lowest BCUT2D eigenvalue weighted by molar-refractivity contribution is 0.0729. The largest absolute Gasteiger partial charge is 0.493 e. The van der Waals surface area contributed by atoms with Crippen molar-refractivity contribution in [1.82, 2.24) is 5.43 Å². The number of hydrazone groups is 1. The number of carbonyl (C=O) groups is 2. The Morgan fingerprint density at radius 3 is 2.23 bits per heavy atom. The van der Waals surface area contributed by atoms with Crippen LogP contribution < -0.4 is 19.6 Å². The first kappa shape index (κ1) is 28.0. The Morgan fingerprint density at radius 1 is 0.821 bits per heavy atom. The van der Waals surface area contributed by atoms with Crippen LogP contribution in [0.15, 0.2) is 90.0 Å². The van der Waals surface area contributed by atoms with E-state index in [1.54, 1.807) is 54.6 Å². The number of nitrogens with zero attached hydrogens (tertiary/aromatic N) is 1. The molecule has 39 heavy (non-hydrogen) atoms. The minimum atomic E-state index is -0.623. The van der Waals surface area contributed by atoms with Gasteiger partial charge < -0.3 is 14.2 Å². The van der Waals surface area contributed by atoms with Crippen LogP contribution in [-0.2, 0) is 6.61 Å². The van der Waals surface area contributed by atoms with Gasteiger partial charge in [0.05, 0.1) is 28.9 Å². The van der Waals surface area contributed by atoms with Gasteiger partial charge in [-0.05, 0) is 83.9 Å². The third-order valence-corrected chi connectivity index (χ3v) is 6.35. The third kappa shape index (κ3) is 7.74. The van der Waals surface area contributed by atoms with E-state index in [-0.39, 0.29) is 16.3 Å². The molecule has 0 aliphatic carbocycles. The topological polar surface area (TPSA) is 86.2 Å². The van der Waals surface area contributed by atoms with E-state index in [4.69, 9.17) is 49.0 Å². The summed E-state index contributed by atoms with van der Waals surface area (Å²) in [5.41, 5.74) is 4.70. The number of rotatable bonds is 9. The Hall–Kier alpha value is -4.04. The number of hydrogen-bond acceptors (Lipinski definition) is 6. The number of hydrogen-bond donors (Lipinski definition) is 1. The molecule has 0 heterocycles. The lowest BCUT2D eigenvalue weighted by atomic mass is 10.2. The molecule has 10 heteroatoms. The van der Waals surface area contributed by atoms with Crippen LogP contribution in [0.4, 0.5) is 0 Å². The van der Waals surface area contributed by atoms with Crippen molar-refractivity contribution >= 4 is 52.9 Å². The van der Waals surface area contributed by atoms with Crippen molar-refractivity contribution in [3.05, 3.63) is 122 Å². The smallest absolute Gasteiger partial charge is 0.343 e. The van der Waals surface area contributed by atoms with E-state index in [0.29, 0.717) is 39.3 Å². The number of benzene rings is 4. The molecule has 4 aromatic rings. The van der Waals surface area contributed by atoms with Gasteiger partial charge in [0.15, 0.2) is 11.5 Å². The summed E-state index contributed by atoms with van der Waals surface area (Å²) < 4.78 is 16.5. The highest BCUT2D eigenvalue weighted by Gasteiger charge is 2.14. The summed E-state index contributed by atoms with van der Waals surface area (Å²) in [5, 5.41) is 5.23. The molecule has 7 nitrogen and oxygen atoms in total. The van der Waals surface area contributed by atoms with Crippen LogP contribution in [0.2, 0.25) is 15.1 Å². The van der Waals surface area contributed by atoms with E-state index >= 15 is 0 Å². The second-order valence-electron chi connectivity index (χ2n) is 8.07. The van der Waals surface area contributed by atoms with Crippen molar-refractivity contribution in [3.8, 4) is 17.2 Å². The molecule has 0 bridgehead atoms. The molecule has 0 saturated heterocycles. The minimum absolute atomic E-state index is 0.202. The molecule has 1 N–H and O–H groups in total. The Balaban J connectivity index is 1.32. The van der Waals surface area contributed by atoms with E-state index < -0.39 is 11.9 Å². The molecular weight excluding hydrogens is 563 g/mol. The monoisotopic (exact) mass is 582 g/mol. The number of nitrogens with one attached hydrogen (secondary N) is 1. The minimum Gasteiger partial charge on any atom is -0.493 e. The highest BCUT2D eigenvalue weighted by atomic mass is 35.5. The van der Waals surface area contributed by atoms with Gasteiger partial charge in [-0.25, -0.2) is 10.2 Å². The van der Waals surface area contributed by atoms with Gasteiger partial charge in [0.2, 0.25) is 0 Å². The van der Waals surface area contributed by atoms with Crippen molar-refractivity contribution in [2.45, 2.75) is 6.61 Å². The standard InChI is InChI=1S/C29H21Cl3N2O5/c1-37-27-14-19(4-13-26(27)39-29(36)21-7-12-24(31)25(32)15-21)16-33-34-28(35)20-5-10-23(11-6-20)38-17-18-2-8-22(30)9-3-18/h2-16H,17H2,1H3,(H,34,35)/b33-16+. The SMILES string of the molecule is COc1cc(/C=N/NC(=O)c2ccc(OCc3ccc(Cl)cc3)cc2)ccc1OC(=O)c1ccc(Cl)c(Cl)c1. The first-order valence-electron chi connectivity index (χ1n) is 11.5. The van der Waals surface area contributed by atoms with Gasteiger partial charge in [-0.3, -0.25) is 4.79 Å². The summed E-state index contributed by atoms with van der Waals surface area (Å²) in [7, 11) is 1.44. The highest BCUT2D eigenvalue weighted by Crippen LogP contribution is 2.29. The molecule has 0 aliphatic heterocycles. The van der Waals surface area contributed by atoms with Crippen LogP contribution in [0.1, 0.15) is 31.8 Å². The lowest BCUT2D eigenvalue weighted by Crippen LogP contribution is -2.17. The Morgan fingerprint density at radius 2 is 1.54 bits per heavy atom. The quantitative estimate of drug-likeness (QED) is 0.0973. The molecule has 0 aliphatic rings. The van der Waals surface area contributed by atoms with Crippen LogP contribution >= 0.6 is 34.8 Å². The average Bonchev–Trinajstić information content (AvgIpc) is 2.95. The maximum Gasteiger partial charge on any atom is 0.343 e. The summed E-state index contributed by atoms with van der Waals surface area (Å²) in [4.78, 5) is 24.9. The molecular formula is C29H21Cl3N2O5. The van der Waals surface area contributed by atoms with Gasteiger partial charge in [0, 0.05) is 10.6 Å². The zero-order chi connectivity index (χ0) is 27.8. The molecule has 0 aromatic heterocycles. The lowest BCUT2D eigenvalue weighted by Gasteiger charge is -2.10. The molecule has 4 aromatic carbocycles. The zero-order valence-electron chi connectivity index (χ0n) is 20.5. The predicted octanol–water partition coefficient (Wildman–Crippen LogP) is 7.22. The van der Waals surface area contributed by atoms with E-state index in [1.165, 1.54) is 31.5 Å². The number of methoxy groups -OCH3 is 1. The molecule has 0 atom stereocenters. The number of carbonyl (C=O) groups excluding carboxylic acids is 2. The van der Waals surface area contributed by atoms with Crippen LogP contribution in [0, 0.1) is 0 Å². The van der Waals surface area contributed by atoms with Gasteiger partial charge >= 0.3 is 5.97 Å². The van der Waals surface area contributed by atoms with E-state index in [1.807, 2.05) is 12.1 Å². The zero-order valence-corrected chi connectivity index (χ0v) is 22.8. The summed E-state index contributed by atoms with van der Waals surface area (Å²) in [5.74, 6) is 0.106. The summed E-state index contributed by atoms with van der Waals surface area (Å²) in [6.45, 7) is 0.379. The Bertz CT molecular complexity index is 1510. The fourth-order valence-corrected chi connectivity index (χ4v) is 3.73. The summed E-state index contributed by atoms with van der Waals surface area (Å²) in [6, 6.07) is 23.3. The maximum atomic E-state index is 12.5.